The van der Waals surface area contributed by atoms with Crippen molar-refractivity contribution in [3.63, 3.8) is 0 Å². The van der Waals surface area contributed by atoms with Gasteiger partial charge in [0.2, 0.25) is 5.78 Å². The number of carbonyl (C=O) groups excluding carboxylic acids is 2. The number of fused-ring (bicyclic) bond motifs is 2. The number of Topliss-reactive ketones (excluding diaryl/α,β-unsaturated/α-hetero) is 1. The van der Waals surface area contributed by atoms with E-state index in [1.165, 1.54) is 23.5 Å². The zero-order valence-electron chi connectivity index (χ0n) is 12.0. The van der Waals surface area contributed by atoms with Crippen LogP contribution in [0.5, 0.6) is 0 Å². The monoisotopic (exact) mass is 403 g/mol. The topological polar surface area (TPSA) is 37.4 Å². The lowest BCUT2D eigenvalue weighted by molar-refractivity contribution is -0.114. The first-order chi connectivity index (χ1) is 11.1. The lowest BCUT2D eigenvalue weighted by Gasteiger charge is -2.26. The average molecular weight is 404 g/mol. The summed E-state index contributed by atoms with van der Waals surface area (Å²) in [5, 5.41) is 0. The van der Waals surface area contributed by atoms with Crippen molar-refractivity contribution in [3.8, 4) is 0 Å². The molecule has 4 rings (SSSR count). The van der Waals surface area contributed by atoms with Crippen LogP contribution in [0.15, 0.2) is 66.5 Å². The van der Waals surface area contributed by atoms with E-state index in [1.807, 2.05) is 30.3 Å². The summed E-state index contributed by atoms with van der Waals surface area (Å²) in [5.74, 6) is -0.429. The minimum Gasteiger partial charge on any atom is -0.311 e. The van der Waals surface area contributed by atoms with Gasteiger partial charge >= 0.3 is 0 Å². The molecule has 2 aliphatic rings. The smallest absolute Gasteiger partial charge is 0.263 e. The highest BCUT2D eigenvalue weighted by molar-refractivity contribution is 9.10. The third kappa shape index (κ3) is 2.36. The molecule has 3 nitrogen and oxygen atoms in total. The van der Waals surface area contributed by atoms with Gasteiger partial charge in [0.15, 0.2) is 0 Å². The molecule has 0 saturated heterocycles. The van der Waals surface area contributed by atoms with Gasteiger partial charge in [-0.25, -0.2) is 0 Å². The van der Waals surface area contributed by atoms with Crippen LogP contribution in [0, 0.1) is 0 Å². The lowest BCUT2D eigenvalue weighted by atomic mass is 9.97. The largest absolute Gasteiger partial charge is 0.311 e. The fourth-order valence-electron chi connectivity index (χ4n) is 2.62. The first-order valence-electron chi connectivity index (χ1n) is 6.87. The van der Waals surface area contributed by atoms with Gasteiger partial charge in [-0.2, -0.15) is 0 Å². The first-order valence-corrected chi connectivity index (χ1v) is 9.30. The van der Waals surface area contributed by atoms with Crippen molar-refractivity contribution in [2.75, 3.05) is 11.9 Å². The molecule has 2 aliphatic heterocycles. The van der Waals surface area contributed by atoms with Crippen LogP contribution in [-0.2, 0) is 4.79 Å². The number of hydrogen-bond acceptors (Lipinski definition) is 4. The number of amides is 1. The number of halogens is 1. The number of thioether (sulfide) groups is 2. The molecule has 0 N–H and O–H groups in total. The van der Waals surface area contributed by atoms with Crippen molar-refractivity contribution in [2.45, 2.75) is 9.79 Å². The SMILES string of the molecule is CN1C(=O)/C(=C2/Sc3ccc(Br)cc3S2)C(=O)c2ccccc21. The van der Waals surface area contributed by atoms with Crippen LogP contribution in [0.3, 0.4) is 0 Å². The van der Waals surface area contributed by atoms with Crippen LogP contribution in [0.2, 0.25) is 0 Å². The van der Waals surface area contributed by atoms with Crippen LogP contribution in [0.25, 0.3) is 0 Å². The molecule has 0 fully saturated rings. The number of nitrogens with zero attached hydrogens (tertiary/aromatic N) is 1. The van der Waals surface area contributed by atoms with Gasteiger partial charge in [-0.05, 0) is 30.3 Å². The Kier molecular flexibility index (Phi) is 3.63. The Morgan fingerprint density at radius 2 is 1.74 bits per heavy atom. The number of rotatable bonds is 0. The Bertz CT molecular complexity index is 907. The minimum absolute atomic E-state index is 0.189. The van der Waals surface area contributed by atoms with Gasteiger partial charge in [-0.15, -0.1) is 0 Å². The van der Waals surface area contributed by atoms with Crippen molar-refractivity contribution in [1.82, 2.24) is 0 Å². The number of benzene rings is 2. The second-order valence-corrected chi connectivity index (χ2v) is 8.45. The number of para-hydroxylation sites is 1. The van der Waals surface area contributed by atoms with Crippen LogP contribution >= 0.6 is 39.5 Å². The summed E-state index contributed by atoms with van der Waals surface area (Å²) in [6.07, 6.45) is 0. The van der Waals surface area contributed by atoms with E-state index in [0.29, 0.717) is 11.3 Å². The number of carbonyl (C=O) groups is 2. The summed E-state index contributed by atoms with van der Waals surface area (Å²) in [7, 11) is 1.71. The molecule has 2 aromatic carbocycles. The number of likely N-dealkylation sites (N-methyl/N-ethyl adjacent to an activating group) is 1. The predicted octanol–water partition coefficient (Wildman–Crippen LogP) is 4.72. The van der Waals surface area contributed by atoms with E-state index in [4.69, 9.17) is 0 Å². The number of hydrogen-bond donors (Lipinski definition) is 0. The summed E-state index contributed by atoms with van der Waals surface area (Å²) in [4.78, 5) is 29.2. The van der Waals surface area contributed by atoms with Gasteiger partial charge in [0.05, 0.1) is 9.92 Å². The highest BCUT2D eigenvalue weighted by atomic mass is 79.9. The molecule has 0 spiro atoms. The Morgan fingerprint density at radius 1 is 1.00 bits per heavy atom. The Morgan fingerprint density at radius 3 is 2.57 bits per heavy atom. The highest BCUT2D eigenvalue weighted by Crippen LogP contribution is 2.53. The fourth-order valence-corrected chi connectivity index (χ4v) is 5.70. The second kappa shape index (κ2) is 5.54. The van der Waals surface area contributed by atoms with Gasteiger partial charge in [0.1, 0.15) is 5.57 Å². The fraction of sp³-hybridized carbons (Fsp3) is 0.0588. The van der Waals surface area contributed by atoms with Gasteiger partial charge < -0.3 is 4.90 Å². The molecule has 23 heavy (non-hydrogen) atoms. The Labute approximate surface area is 150 Å². The quantitative estimate of drug-likeness (QED) is 0.471. The number of anilines is 1. The maximum atomic E-state index is 12.8. The molecule has 0 saturated carbocycles. The van der Waals surface area contributed by atoms with Gasteiger partial charge in [-0.1, -0.05) is 51.6 Å². The van der Waals surface area contributed by atoms with E-state index in [9.17, 15) is 9.59 Å². The maximum Gasteiger partial charge on any atom is 0.263 e. The summed E-state index contributed by atoms with van der Waals surface area (Å²) in [6.45, 7) is 0. The minimum atomic E-state index is -0.240. The van der Waals surface area contributed by atoms with E-state index >= 15 is 0 Å². The van der Waals surface area contributed by atoms with Gasteiger partial charge in [-0.3, -0.25) is 9.59 Å². The molecule has 0 aliphatic carbocycles. The Hall–Kier alpha value is -1.50. The third-order valence-corrected chi connectivity index (χ3v) is 6.81. The summed E-state index contributed by atoms with van der Waals surface area (Å²) >= 11 is 6.43. The zero-order chi connectivity index (χ0) is 16.1. The molecule has 2 heterocycles. The first kappa shape index (κ1) is 15.1. The molecule has 0 aromatic heterocycles. The highest BCUT2D eigenvalue weighted by Gasteiger charge is 2.37. The molecule has 114 valence electrons. The second-order valence-electron chi connectivity index (χ2n) is 5.17. The molecule has 1 amide bonds. The van der Waals surface area contributed by atoms with E-state index in [-0.39, 0.29) is 17.3 Å². The van der Waals surface area contributed by atoms with Crippen LogP contribution < -0.4 is 4.90 Å². The van der Waals surface area contributed by atoms with Crippen LogP contribution in [0.4, 0.5) is 5.69 Å². The summed E-state index contributed by atoms with van der Waals surface area (Å²) in [6, 6.07) is 13.2. The van der Waals surface area contributed by atoms with Crippen molar-refractivity contribution in [2.24, 2.45) is 0 Å². The van der Waals surface area contributed by atoms with Crippen molar-refractivity contribution >= 4 is 56.8 Å². The third-order valence-electron chi connectivity index (χ3n) is 3.77. The zero-order valence-corrected chi connectivity index (χ0v) is 15.2. The molecule has 0 radical (unpaired) electrons. The maximum absolute atomic E-state index is 12.8. The Balaban J connectivity index is 1.84. The van der Waals surface area contributed by atoms with Gasteiger partial charge in [0.25, 0.3) is 5.91 Å². The van der Waals surface area contributed by atoms with Crippen molar-refractivity contribution in [3.05, 3.63) is 62.3 Å². The molecule has 0 unspecified atom stereocenters. The van der Waals surface area contributed by atoms with Crippen molar-refractivity contribution < 1.29 is 9.59 Å². The summed E-state index contributed by atoms with van der Waals surface area (Å²) < 4.78 is 1.74. The van der Waals surface area contributed by atoms with E-state index in [1.54, 1.807) is 24.1 Å². The molecular weight excluding hydrogens is 394 g/mol. The molecule has 6 heteroatoms. The van der Waals surface area contributed by atoms with E-state index < -0.39 is 0 Å². The van der Waals surface area contributed by atoms with E-state index in [0.717, 1.165) is 18.5 Å². The normalized spacial score (nSPS) is 19.8. The predicted molar refractivity (Wildman–Crippen MR) is 97.1 cm³/mol. The standard InChI is InChI=1S/C17H10BrNO2S2/c1-19-11-5-3-2-4-10(11)15(20)14(16(19)21)17-22-12-7-6-9(18)8-13(12)23-17/h2-8H,1H3/b17-14-. The van der Waals surface area contributed by atoms with Crippen LogP contribution in [-0.4, -0.2) is 18.7 Å². The van der Waals surface area contributed by atoms with Crippen molar-refractivity contribution in [1.29, 1.82) is 0 Å². The summed E-state index contributed by atoms with van der Waals surface area (Å²) in [5.41, 5.74) is 1.52. The molecule has 0 atom stereocenters. The van der Waals surface area contributed by atoms with Crippen LogP contribution in [0.1, 0.15) is 10.4 Å². The lowest BCUT2D eigenvalue weighted by Crippen LogP contribution is -2.37. The molecular formula is C17H10BrNO2S2. The molecule has 2 aromatic rings. The van der Waals surface area contributed by atoms with Gasteiger partial charge in [0, 0.05) is 26.9 Å². The molecule has 0 bridgehead atoms. The average Bonchev–Trinajstić information content (AvgIpc) is 2.95. The van der Waals surface area contributed by atoms with E-state index in [2.05, 4.69) is 15.9 Å². The number of ketones is 1.